The average Bonchev–Trinajstić information content (AvgIpc) is 2.52. The molecule has 134 valence electrons. The van der Waals surface area contributed by atoms with E-state index in [2.05, 4.69) is 4.18 Å². The summed E-state index contributed by atoms with van der Waals surface area (Å²) in [5, 5.41) is 9.15. The fourth-order valence-electron chi connectivity index (χ4n) is 2.79. The number of benzene rings is 1. The van der Waals surface area contributed by atoms with Crippen LogP contribution >= 0.6 is 0 Å². The zero-order valence-electron chi connectivity index (χ0n) is 12.6. The molecular weight excluding hydrogens is 363 g/mol. The van der Waals surface area contributed by atoms with Crippen molar-refractivity contribution >= 4 is 21.8 Å². The van der Waals surface area contributed by atoms with E-state index in [4.69, 9.17) is 5.11 Å². The Balaban J connectivity index is 2.14. The number of carbonyl (C=O) groups is 1. The summed E-state index contributed by atoms with van der Waals surface area (Å²) in [5.74, 6) is -1.91. The highest BCUT2D eigenvalue weighted by Gasteiger charge is 2.49. The molecule has 1 aromatic carbocycles. The molecular formula is C15H12F3NO5S. The van der Waals surface area contributed by atoms with Gasteiger partial charge in [0.05, 0.1) is 11.3 Å². The predicted molar refractivity (Wildman–Crippen MR) is 80.2 cm³/mol. The minimum absolute atomic E-state index is 0.139. The molecule has 0 fully saturated rings. The maximum Gasteiger partial charge on any atom is 0.534 e. The molecule has 0 aliphatic carbocycles. The minimum Gasteiger partial charge on any atom is -0.478 e. The second-order valence-corrected chi connectivity index (χ2v) is 7.03. The van der Waals surface area contributed by atoms with Gasteiger partial charge in [0.1, 0.15) is 5.76 Å². The van der Waals surface area contributed by atoms with Crippen LogP contribution in [-0.2, 0) is 25.5 Å². The molecule has 0 atom stereocenters. The first-order chi connectivity index (χ1) is 11.6. The van der Waals surface area contributed by atoms with Crippen molar-refractivity contribution in [3.63, 3.8) is 0 Å². The van der Waals surface area contributed by atoms with E-state index >= 15 is 0 Å². The van der Waals surface area contributed by atoms with Crippen LogP contribution in [0.25, 0.3) is 5.70 Å². The van der Waals surface area contributed by atoms with Gasteiger partial charge in [0.25, 0.3) is 0 Å². The van der Waals surface area contributed by atoms with Crippen LogP contribution in [0.2, 0.25) is 0 Å². The molecule has 0 radical (unpaired) electrons. The first-order valence-corrected chi connectivity index (χ1v) is 8.54. The van der Waals surface area contributed by atoms with Crippen molar-refractivity contribution < 1.29 is 35.7 Å². The quantitative estimate of drug-likeness (QED) is 0.645. The number of carboxylic acid groups (broad SMARTS) is 1. The third-order valence-electron chi connectivity index (χ3n) is 3.88. The molecule has 0 saturated heterocycles. The summed E-state index contributed by atoms with van der Waals surface area (Å²) >= 11 is 0. The lowest BCUT2D eigenvalue weighted by Gasteiger charge is -2.35. The summed E-state index contributed by atoms with van der Waals surface area (Å²) in [7, 11) is -5.90. The van der Waals surface area contributed by atoms with Gasteiger partial charge in [-0.15, -0.1) is 0 Å². The van der Waals surface area contributed by atoms with E-state index in [1.165, 1.54) is 11.1 Å². The highest BCUT2D eigenvalue weighted by atomic mass is 32.2. The van der Waals surface area contributed by atoms with E-state index < -0.39 is 33.8 Å². The van der Waals surface area contributed by atoms with Crippen LogP contribution in [0.3, 0.4) is 0 Å². The Morgan fingerprint density at radius 3 is 2.56 bits per heavy atom. The lowest BCUT2D eigenvalue weighted by Crippen LogP contribution is -2.32. The van der Waals surface area contributed by atoms with Gasteiger partial charge in [-0.3, -0.25) is 0 Å². The molecule has 1 aromatic rings. The van der Waals surface area contributed by atoms with Crippen LogP contribution in [-0.4, -0.2) is 36.4 Å². The second-order valence-electron chi connectivity index (χ2n) is 5.49. The number of alkyl halides is 3. The third kappa shape index (κ3) is 3.09. The molecule has 1 N–H and O–H groups in total. The maximum atomic E-state index is 12.7. The largest absolute Gasteiger partial charge is 0.534 e. The number of fused-ring (bicyclic) bond motifs is 3. The number of aliphatic carboxylic acids is 1. The van der Waals surface area contributed by atoms with Gasteiger partial charge in [0, 0.05) is 24.7 Å². The van der Waals surface area contributed by atoms with Gasteiger partial charge in [-0.05, 0) is 12.0 Å². The van der Waals surface area contributed by atoms with Gasteiger partial charge in [0.15, 0.2) is 0 Å². The minimum atomic E-state index is -5.90. The van der Waals surface area contributed by atoms with Gasteiger partial charge >= 0.3 is 21.6 Å². The Hall–Kier alpha value is -2.49. The Kier molecular flexibility index (Phi) is 4.02. The van der Waals surface area contributed by atoms with Crippen LogP contribution in [0.15, 0.2) is 41.8 Å². The maximum absolute atomic E-state index is 12.7. The van der Waals surface area contributed by atoms with Crippen LogP contribution in [0, 0.1) is 0 Å². The van der Waals surface area contributed by atoms with E-state index in [0.717, 1.165) is 5.56 Å². The fourth-order valence-corrected chi connectivity index (χ4v) is 3.28. The molecule has 25 heavy (non-hydrogen) atoms. The Labute approximate surface area is 140 Å². The summed E-state index contributed by atoms with van der Waals surface area (Å²) in [5.41, 5.74) is -4.40. The fraction of sp³-hybridized carbons (Fsp3) is 0.267. The molecule has 0 unspecified atom stereocenters. The molecule has 10 heteroatoms. The van der Waals surface area contributed by atoms with Crippen molar-refractivity contribution in [2.24, 2.45) is 0 Å². The molecule has 3 rings (SSSR count). The molecule has 0 amide bonds. The normalized spacial score (nSPS) is 17.6. The van der Waals surface area contributed by atoms with E-state index in [0.29, 0.717) is 18.5 Å². The zero-order chi connectivity index (χ0) is 18.4. The number of allylic oxidation sites excluding steroid dienone is 1. The lowest BCUT2D eigenvalue weighted by molar-refractivity contribution is -0.132. The van der Waals surface area contributed by atoms with E-state index in [1.54, 1.807) is 24.3 Å². The van der Waals surface area contributed by atoms with E-state index in [1.807, 2.05) is 0 Å². The monoisotopic (exact) mass is 375 g/mol. The van der Waals surface area contributed by atoms with Crippen molar-refractivity contribution in [3.05, 3.63) is 52.9 Å². The number of nitrogens with zero attached hydrogens (tertiary/aromatic N) is 1. The third-order valence-corrected chi connectivity index (χ3v) is 4.86. The first-order valence-electron chi connectivity index (χ1n) is 7.13. The summed E-state index contributed by atoms with van der Waals surface area (Å²) in [6, 6.07) is 6.80. The van der Waals surface area contributed by atoms with Crippen molar-refractivity contribution in [2.45, 2.75) is 18.3 Å². The molecule has 2 aliphatic heterocycles. The van der Waals surface area contributed by atoms with Gasteiger partial charge in [-0.25, -0.2) is 4.79 Å². The summed E-state index contributed by atoms with van der Waals surface area (Å²) in [6.45, 7) is 0.294. The molecule has 0 spiro atoms. The topological polar surface area (TPSA) is 83.9 Å². The van der Waals surface area contributed by atoms with Crippen LogP contribution in [0.5, 0.6) is 0 Å². The number of carboxylic acids is 1. The molecule has 2 aliphatic rings. The van der Waals surface area contributed by atoms with Crippen molar-refractivity contribution in [1.29, 1.82) is 0 Å². The Morgan fingerprint density at radius 1 is 1.24 bits per heavy atom. The zero-order valence-corrected chi connectivity index (χ0v) is 13.4. The summed E-state index contributed by atoms with van der Waals surface area (Å²) in [6.07, 6.45) is 1.26. The van der Waals surface area contributed by atoms with Crippen LogP contribution in [0.4, 0.5) is 13.2 Å². The highest BCUT2D eigenvalue weighted by Crippen LogP contribution is 2.40. The van der Waals surface area contributed by atoms with Gasteiger partial charge in [0.2, 0.25) is 0 Å². The van der Waals surface area contributed by atoms with Crippen LogP contribution < -0.4 is 0 Å². The first kappa shape index (κ1) is 17.3. The van der Waals surface area contributed by atoms with Gasteiger partial charge in [-0.2, -0.15) is 21.6 Å². The lowest BCUT2D eigenvalue weighted by atomic mass is 9.92. The molecule has 0 aromatic heterocycles. The van der Waals surface area contributed by atoms with Crippen molar-refractivity contribution in [1.82, 2.24) is 4.90 Å². The highest BCUT2D eigenvalue weighted by molar-refractivity contribution is 7.87. The van der Waals surface area contributed by atoms with Crippen molar-refractivity contribution in [3.8, 4) is 0 Å². The van der Waals surface area contributed by atoms with Gasteiger partial charge < -0.3 is 14.2 Å². The van der Waals surface area contributed by atoms with E-state index in [-0.39, 0.29) is 11.3 Å². The molecule has 2 heterocycles. The van der Waals surface area contributed by atoms with Gasteiger partial charge in [-0.1, -0.05) is 24.3 Å². The average molecular weight is 375 g/mol. The second kappa shape index (κ2) is 5.80. The molecule has 0 bridgehead atoms. The standard InChI is InChI=1S/C15H12F3NO5S/c16-15(17,18)25(22,23)24-12-7-10(14(20)21)8-19-6-5-9-3-1-2-4-11(9)13(12)19/h1-4,8H,5-7H2,(H,20,21). The number of halogens is 3. The van der Waals surface area contributed by atoms with E-state index in [9.17, 15) is 26.4 Å². The smallest absolute Gasteiger partial charge is 0.478 e. The SMILES string of the molecule is O=C(O)C1=CN2CCc3ccccc3C2=C(OS(=O)(=O)C(F)(F)F)C1. The number of hydrogen-bond acceptors (Lipinski definition) is 5. The summed E-state index contributed by atoms with van der Waals surface area (Å²) < 4.78 is 65.2. The number of rotatable bonds is 3. The Morgan fingerprint density at radius 2 is 1.92 bits per heavy atom. The number of hydrogen-bond donors (Lipinski definition) is 1. The van der Waals surface area contributed by atoms with Crippen LogP contribution in [0.1, 0.15) is 17.5 Å². The Bertz CT molecular complexity index is 902. The predicted octanol–water partition coefficient (Wildman–Crippen LogP) is 2.45. The molecule has 0 saturated carbocycles. The molecule has 6 nitrogen and oxygen atoms in total. The summed E-state index contributed by atoms with van der Waals surface area (Å²) in [4.78, 5) is 12.7. The van der Waals surface area contributed by atoms with Crippen molar-refractivity contribution in [2.75, 3.05) is 6.54 Å².